The summed E-state index contributed by atoms with van der Waals surface area (Å²) in [4.78, 5) is 0.767. The monoisotopic (exact) mass is 214 g/mol. The van der Waals surface area contributed by atoms with Gasteiger partial charge in [0.1, 0.15) is 0 Å². The molecule has 0 fully saturated rings. The third-order valence-electron chi connectivity index (χ3n) is 1.90. The summed E-state index contributed by atoms with van der Waals surface area (Å²) in [7, 11) is 0. The van der Waals surface area contributed by atoms with E-state index in [-0.39, 0.29) is 0 Å². The Hall–Kier alpha value is -0.261. The molecule has 0 heterocycles. The van der Waals surface area contributed by atoms with Gasteiger partial charge in [-0.15, -0.1) is 0 Å². The van der Waals surface area contributed by atoms with E-state index in [1.54, 1.807) is 0 Å². The van der Waals surface area contributed by atoms with Crippen LogP contribution in [0.2, 0.25) is 5.82 Å². The number of aryl methyl sites for hydroxylation is 1. The van der Waals surface area contributed by atoms with Gasteiger partial charge in [0.25, 0.3) is 0 Å². The molecule has 0 radical (unpaired) electrons. The van der Waals surface area contributed by atoms with Crippen LogP contribution in [-0.4, -0.2) is 15.0 Å². The first-order valence-electron chi connectivity index (χ1n) is 3.83. The molecule has 0 saturated carbocycles. The van der Waals surface area contributed by atoms with Crippen molar-refractivity contribution >= 4 is 15.0 Å². The molecular formula is C10H14Se. The number of hydrogen-bond donors (Lipinski definition) is 0. The molecule has 11 heavy (non-hydrogen) atoms. The molecule has 60 valence electrons. The van der Waals surface area contributed by atoms with E-state index in [1.807, 2.05) is 0 Å². The summed E-state index contributed by atoms with van der Waals surface area (Å²) in [5.41, 5.74) is 2.84. The van der Waals surface area contributed by atoms with Crippen molar-refractivity contribution in [2.75, 3.05) is 0 Å². The van der Waals surface area contributed by atoms with Gasteiger partial charge in [-0.25, -0.2) is 0 Å². The summed E-state index contributed by atoms with van der Waals surface area (Å²) in [5.74, 6) is 2.29. The van der Waals surface area contributed by atoms with E-state index in [1.165, 1.54) is 11.1 Å². The van der Waals surface area contributed by atoms with Crippen LogP contribution in [0.3, 0.4) is 0 Å². The first-order chi connectivity index (χ1) is 5.24. The normalized spacial score (nSPS) is 13.0. The molecule has 0 aliphatic rings. The fourth-order valence-corrected chi connectivity index (χ4v) is 1.87. The fraction of sp³-hybridized carbons (Fsp3) is 0.400. The van der Waals surface area contributed by atoms with Crippen molar-refractivity contribution in [1.29, 1.82) is 0 Å². The Morgan fingerprint density at radius 1 is 1.18 bits per heavy atom. The molecule has 0 nitrogen and oxygen atoms in total. The molecule has 1 unspecified atom stereocenters. The molecule has 1 aromatic carbocycles. The van der Waals surface area contributed by atoms with Crippen molar-refractivity contribution in [3.05, 3.63) is 35.4 Å². The third-order valence-corrected chi connectivity index (χ3v) is 3.95. The zero-order chi connectivity index (χ0) is 8.27. The maximum atomic E-state index is 2.30. The quantitative estimate of drug-likeness (QED) is 0.662. The summed E-state index contributed by atoms with van der Waals surface area (Å²) in [5, 5.41) is 0. The second-order valence-electron chi connectivity index (χ2n) is 2.79. The molecule has 0 aromatic heterocycles. The zero-order valence-corrected chi connectivity index (χ0v) is 9.01. The minimum atomic E-state index is 0.731. The topological polar surface area (TPSA) is 0 Å². The number of benzene rings is 1. The Morgan fingerprint density at radius 2 is 1.73 bits per heavy atom. The van der Waals surface area contributed by atoms with E-state index in [0.29, 0.717) is 0 Å². The molecule has 0 amide bonds. The van der Waals surface area contributed by atoms with Crippen LogP contribution in [0.4, 0.5) is 0 Å². The summed E-state index contributed by atoms with van der Waals surface area (Å²) in [6.45, 7) is 4.43. The molecule has 0 saturated heterocycles. The maximum absolute atomic E-state index is 2.30. The van der Waals surface area contributed by atoms with Crippen molar-refractivity contribution in [2.45, 2.75) is 24.5 Å². The van der Waals surface area contributed by atoms with Gasteiger partial charge in [-0.1, -0.05) is 0 Å². The molecule has 0 aliphatic carbocycles. The van der Waals surface area contributed by atoms with E-state index in [2.05, 4.69) is 43.9 Å². The second kappa shape index (κ2) is 3.94. The average Bonchev–Trinajstić information content (AvgIpc) is 2.05. The molecule has 1 rings (SSSR count). The molecular weight excluding hydrogens is 199 g/mol. The first kappa shape index (κ1) is 8.83. The predicted molar refractivity (Wildman–Crippen MR) is 51.2 cm³/mol. The van der Waals surface area contributed by atoms with Crippen LogP contribution in [0.5, 0.6) is 0 Å². The Morgan fingerprint density at radius 3 is 2.18 bits per heavy atom. The van der Waals surface area contributed by atoms with Gasteiger partial charge >= 0.3 is 74.8 Å². The second-order valence-corrected chi connectivity index (χ2v) is 5.26. The van der Waals surface area contributed by atoms with E-state index < -0.39 is 0 Å². The molecule has 0 spiro atoms. The van der Waals surface area contributed by atoms with Crippen LogP contribution >= 0.6 is 0 Å². The number of rotatable bonds is 2. The SMILES string of the molecule is C[Se]C(C)c1ccc(C)cc1. The number of hydrogen-bond acceptors (Lipinski definition) is 0. The van der Waals surface area contributed by atoms with Gasteiger partial charge in [0, 0.05) is 0 Å². The van der Waals surface area contributed by atoms with Gasteiger partial charge in [-0.2, -0.15) is 0 Å². The van der Waals surface area contributed by atoms with E-state index >= 15 is 0 Å². The molecule has 1 aromatic rings. The molecule has 0 bridgehead atoms. The van der Waals surface area contributed by atoms with Gasteiger partial charge in [0.05, 0.1) is 0 Å². The third kappa shape index (κ3) is 2.35. The van der Waals surface area contributed by atoms with Crippen molar-refractivity contribution < 1.29 is 0 Å². The molecule has 1 atom stereocenters. The standard InChI is InChI=1S/C10H14Se/c1-8-4-6-10(7-5-8)9(2)11-3/h4-7,9H,1-3H3. The Balaban J connectivity index is 2.81. The van der Waals surface area contributed by atoms with Gasteiger partial charge in [-0.3, -0.25) is 0 Å². The van der Waals surface area contributed by atoms with Crippen molar-refractivity contribution in [3.8, 4) is 0 Å². The van der Waals surface area contributed by atoms with Gasteiger partial charge in [0.15, 0.2) is 0 Å². The van der Waals surface area contributed by atoms with E-state index in [0.717, 1.165) is 19.8 Å². The minimum absolute atomic E-state index is 0.731. The summed E-state index contributed by atoms with van der Waals surface area (Å²) < 4.78 is 0. The summed E-state index contributed by atoms with van der Waals surface area (Å²) >= 11 is 0.731. The van der Waals surface area contributed by atoms with Crippen molar-refractivity contribution in [2.24, 2.45) is 0 Å². The molecule has 0 aliphatic heterocycles. The van der Waals surface area contributed by atoms with Gasteiger partial charge in [0.2, 0.25) is 0 Å². The Labute approximate surface area is 75.2 Å². The van der Waals surface area contributed by atoms with Crippen molar-refractivity contribution in [3.63, 3.8) is 0 Å². The van der Waals surface area contributed by atoms with Crippen LogP contribution in [-0.2, 0) is 0 Å². The Kier molecular flexibility index (Phi) is 3.16. The molecule has 1 heteroatoms. The van der Waals surface area contributed by atoms with Crippen LogP contribution in [0, 0.1) is 6.92 Å². The fourth-order valence-electron chi connectivity index (χ4n) is 0.974. The molecule has 0 N–H and O–H groups in total. The average molecular weight is 213 g/mol. The van der Waals surface area contributed by atoms with Crippen LogP contribution in [0.1, 0.15) is 22.9 Å². The zero-order valence-electron chi connectivity index (χ0n) is 7.29. The van der Waals surface area contributed by atoms with E-state index in [4.69, 9.17) is 0 Å². The summed E-state index contributed by atoms with van der Waals surface area (Å²) in [6, 6.07) is 8.87. The summed E-state index contributed by atoms with van der Waals surface area (Å²) in [6.07, 6.45) is 0. The van der Waals surface area contributed by atoms with Crippen LogP contribution < -0.4 is 0 Å². The van der Waals surface area contributed by atoms with Gasteiger partial charge < -0.3 is 0 Å². The van der Waals surface area contributed by atoms with Crippen molar-refractivity contribution in [1.82, 2.24) is 0 Å². The van der Waals surface area contributed by atoms with Gasteiger partial charge in [-0.05, 0) is 0 Å². The predicted octanol–water partition coefficient (Wildman–Crippen LogP) is 2.81. The van der Waals surface area contributed by atoms with Crippen LogP contribution in [0.25, 0.3) is 0 Å². The van der Waals surface area contributed by atoms with Crippen LogP contribution in [0.15, 0.2) is 24.3 Å². The first-order valence-corrected chi connectivity index (χ1v) is 6.53. The Bertz CT molecular complexity index is 213. The van der Waals surface area contributed by atoms with E-state index in [9.17, 15) is 0 Å².